The largest absolute Gasteiger partial charge is 0.497 e. The number of methoxy groups -OCH3 is 1. The Balaban J connectivity index is 2.19. The minimum absolute atomic E-state index is 0.111. The number of nitrogens with one attached hydrogen (secondary N) is 1. The molecule has 1 heterocycles. The summed E-state index contributed by atoms with van der Waals surface area (Å²) in [5, 5.41) is 4.07. The highest BCUT2D eigenvalue weighted by Crippen LogP contribution is 2.21. The number of nitrogens with zero attached hydrogens (tertiary/aromatic N) is 2. The number of sulfonamides is 1. The van der Waals surface area contributed by atoms with E-state index in [2.05, 4.69) is 9.82 Å². The molecule has 1 aromatic heterocycles. The van der Waals surface area contributed by atoms with E-state index in [1.165, 1.54) is 12.4 Å². The van der Waals surface area contributed by atoms with E-state index < -0.39 is 10.0 Å². The predicted octanol–water partition coefficient (Wildman–Crippen LogP) is 2.51. The molecule has 0 saturated heterocycles. The smallest absolute Gasteiger partial charge is 0.244 e. The van der Waals surface area contributed by atoms with Gasteiger partial charge in [-0.1, -0.05) is 12.1 Å². The average Bonchev–Trinajstić information content (AvgIpc) is 2.98. The van der Waals surface area contributed by atoms with Crippen LogP contribution in [0.5, 0.6) is 5.75 Å². The summed E-state index contributed by atoms with van der Waals surface area (Å²) in [6.07, 6.45) is 2.89. The Morgan fingerprint density at radius 1 is 1.27 bits per heavy atom. The molecule has 0 aliphatic heterocycles. The number of rotatable bonds is 6. The highest BCUT2D eigenvalue weighted by atomic mass is 32.2. The van der Waals surface area contributed by atoms with Crippen LogP contribution in [0.15, 0.2) is 41.6 Å². The van der Waals surface area contributed by atoms with E-state index >= 15 is 0 Å². The van der Waals surface area contributed by atoms with Crippen molar-refractivity contribution in [3.05, 3.63) is 42.2 Å². The fraction of sp³-hybridized carbons (Fsp3) is 0.400. The van der Waals surface area contributed by atoms with Crippen molar-refractivity contribution in [1.82, 2.24) is 14.5 Å². The summed E-state index contributed by atoms with van der Waals surface area (Å²) in [4.78, 5) is 0.163. The summed E-state index contributed by atoms with van der Waals surface area (Å²) < 4.78 is 34.3. The summed E-state index contributed by atoms with van der Waals surface area (Å²) in [6.45, 7) is 5.67. The third kappa shape index (κ3) is 3.66. The van der Waals surface area contributed by atoms with Crippen molar-refractivity contribution in [3.63, 3.8) is 0 Å². The zero-order valence-electron chi connectivity index (χ0n) is 13.1. The molecular formula is C15H21N3O3S. The van der Waals surface area contributed by atoms with Crippen LogP contribution >= 0.6 is 0 Å². The second-order valence-corrected chi connectivity index (χ2v) is 7.08. The summed E-state index contributed by atoms with van der Waals surface area (Å²) in [5.41, 5.74) is 0.833. The molecule has 1 unspecified atom stereocenters. The number of aromatic nitrogens is 2. The summed E-state index contributed by atoms with van der Waals surface area (Å²) in [5.74, 6) is 0.691. The van der Waals surface area contributed by atoms with Crippen molar-refractivity contribution < 1.29 is 13.2 Å². The molecule has 0 bridgehead atoms. The molecule has 6 nitrogen and oxygen atoms in total. The third-order valence-electron chi connectivity index (χ3n) is 3.34. The lowest BCUT2D eigenvalue weighted by atomic mass is 10.1. The lowest BCUT2D eigenvalue weighted by Crippen LogP contribution is -2.26. The molecule has 0 aliphatic carbocycles. The zero-order valence-corrected chi connectivity index (χ0v) is 14.0. The van der Waals surface area contributed by atoms with E-state index in [4.69, 9.17) is 4.74 Å². The molecule has 2 rings (SSSR count). The van der Waals surface area contributed by atoms with E-state index in [1.54, 1.807) is 18.7 Å². The first-order valence-corrected chi connectivity index (χ1v) is 8.52. The summed E-state index contributed by atoms with van der Waals surface area (Å²) in [6, 6.07) is 7.05. The van der Waals surface area contributed by atoms with Crippen LogP contribution in [0.3, 0.4) is 0 Å². The van der Waals surface area contributed by atoms with Gasteiger partial charge in [0.15, 0.2) is 0 Å². The Hall–Kier alpha value is -1.86. The van der Waals surface area contributed by atoms with Gasteiger partial charge in [-0.25, -0.2) is 13.1 Å². The first-order chi connectivity index (χ1) is 10.3. The molecular weight excluding hydrogens is 302 g/mol. The van der Waals surface area contributed by atoms with Gasteiger partial charge in [0.2, 0.25) is 10.0 Å². The molecule has 0 fully saturated rings. The summed E-state index contributed by atoms with van der Waals surface area (Å²) in [7, 11) is -2.04. The van der Waals surface area contributed by atoms with Crippen LogP contribution in [0.4, 0.5) is 0 Å². The number of hydrogen-bond donors (Lipinski definition) is 1. The normalized spacial score (nSPS) is 13.3. The lowest BCUT2D eigenvalue weighted by molar-refractivity contribution is 0.413. The number of benzene rings is 1. The van der Waals surface area contributed by atoms with Crippen molar-refractivity contribution in [3.8, 4) is 5.75 Å². The van der Waals surface area contributed by atoms with Crippen LogP contribution in [-0.4, -0.2) is 25.3 Å². The fourth-order valence-electron chi connectivity index (χ4n) is 2.02. The maximum Gasteiger partial charge on any atom is 0.244 e. The van der Waals surface area contributed by atoms with E-state index in [9.17, 15) is 8.42 Å². The van der Waals surface area contributed by atoms with Crippen LogP contribution in [0.1, 0.15) is 38.4 Å². The second kappa shape index (κ2) is 6.50. The molecule has 1 atom stereocenters. The maximum absolute atomic E-state index is 12.4. The minimum Gasteiger partial charge on any atom is -0.497 e. The highest BCUT2D eigenvalue weighted by Gasteiger charge is 2.20. The monoisotopic (exact) mass is 323 g/mol. The SMILES string of the molecule is COc1cccc(C(C)NS(=O)(=O)c2cnn(C(C)C)c2)c1. The Kier molecular flexibility index (Phi) is 4.87. The number of hydrogen-bond acceptors (Lipinski definition) is 4. The standard InChI is InChI=1S/C15H21N3O3S/c1-11(2)18-10-15(9-16-18)22(19,20)17-12(3)13-6-5-7-14(8-13)21-4/h5-12,17H,1-4H3. The Labute approximate surface area is 131 Å². The quantitative estimate of drug-likeness (QED) is 0.886. The lowest BCUT2D eigenvalue weighted by Gasteiger charge is -2.14. The molecule has 1 aromatic carbocycles. The van der Waals surface area contributed by atoms with Gasteiger partial charge >= 0.3 is 0 Å². The topological polar surface area (TPSA) is 73.2 Å². The van der Waals surface area contributed by atoms with Crippen LogP contribution in [0.25, 0.3) is 0 Å². The molecule has 120 valence electrons. The van der Waals surface area contributed by atoms with Crippen molar-refractivity contribution in [2.45, 2.75) is 37.8 Å². The van der Waals surface area contributed by atoms with E-state index in [1.807, 2.05) is 38.1 Å². The van der Waals surface area contributed by atoms with Gasteiger partial charge < -0.3 is 4.74 Å². The van der Waals surface area contributed by atoms with Crippen LogP contribution in [0, 0.1) is 0 Å². The molecule has 0 saturated carbocycles. The molecule has 7 heteroatoms. The van der Waals surface area contributed by atoms with Crippen LogP contribution < -0.4 is 9.46 Å². The fourth-order valence-corrected chi connectivity index (χ4v) is 3.19. The van der Waals surface area contributed by atoms with Crippen molar-refractivity contribution in [1.29, 1.82) is 0 Å². The molecule has 0 spiro atoms. The van der Waals surface area contributed by atoms with Gasteiger partial charge in [0.1, 0.15) is 10.6 Å². The molecule has 0 amide bonds. The first kappa shape index (κ1) is 16.5. The van der Waals surface area contributed by atoms with Crippen molar-refractivity contribution >= 4 is 10.0 Å². The van der Waals surface area contributed by atoms with Gasteiger partial charge in [-0.15, -0.1) is 0 Å². The molecule has 0 radical (unpaired) electrons. The second-order valence-electron chi connectivity index (χ2n) is 5.37. The van der Waals surface area contributed by atoms with Gasteiger partial charge in [0, 0.05) is 18.3 Å². The Morgan fingerprint density at radius 2 is 2.00 bits per heavy atom. The van der Waals surface area contributed by atoms with E-state index in [0.717, 1.165) is 5.56 Å². The Morgan fingerprint density at radius 3 is 2.59 bits per heavy atom. The van der Waals surface area contributed by atoms with Gasteiger partial charge in [0.25, 0.3) is 0 Å². The minimum atomic E-state index is -3.61. The van der Waals surface area contributed by atoms with E-state index in [0.29, 0.717) is 5.75 Å². The molecule has 0 aliphatic rings. The third-order valence-corrected chi connectivity index (χ3v) is 4.84. The van der Waals surface area contributed by atoms with Crippen molar-refractivity contribution in [2.75, 3.05) is 7.11 Å². The van der Waals surface area contributed by atoms with Crippen molar-refractivity contribution in [2.24, 2.45) is 0 Å². The maximum atomic E-state index is 12.4. The van der Waals surface area contributed by atoms with Crippen LogP contribution in [0.2, 0.25) is 0 Å². The highest BCUT2D eigenvalue weighted by molar-refractivity contribution is 7.89. The summed E-state index contributed by atoms with van der Waals surface area (Å²) >= 11 is 0. The Bertz CT molecular complexity index is 738. The average molecular weight is 323 g/mol. The van der Waals surface area contributed by atoms with Gasteiger partial charge in [-0.2, -0.15) is 5.10 Å². The van der Waals surface area contributed by atoms with Gasteiger partial charge in [-0.3, -0.25) is 4.68 Å². The van der Waals surface area contributed by atoms with Crippen LogP contribution in [-0.2, 0) is 10.0 Å². The van der Waals surface area contributed by atoms with Gasteiger partial charge in [0.05, 0.1) is 13.3 Å². The molecule has 22 heavy (non-hydrogen) atoms. The van der Waals surface area contributed by atoms with Gasteiger partial charge in [-0.05, 0) is 38.5 Å². The molecule has 1 N–H and O–H groups in total. The predicted molar refractivity (Wildman–Crippen MR) is 84.3 cm³/mol. The molecule has 2 aromatic rings. The first-order valence-electron chi connectivity index (χ1n) is 7.04. The number of ether oxygens (including phenoxy) is 1. The van der Waals surface area contributed by atoms with E-state index in [-0.39, 0.29) is 17.0 Å². The zero-order chi connectivity index (χ0) is 16.3.